The Morgan fingerprint density at radius 2 is 1.90 bits per heavy atom. The fraction of sp³-hybridized carbons (Fsp3) is 0.391. The van der Waals surface area contributed by atoms with Crippen molar-refractivity contribution in [2.75, 3.05) is 13.1 Å². The first-order chi connectivity index (χ1) is 14.6. The Bertz CT molecular complexity index is 1160. The third kappa shape index (κ3) is 3.76. The van der Waals surface area contributed by atoms with Crippen LogP contribution in [0.15, 0.2) is 30.5 Å². The average molecular weight is 429 g/mol. The van der Waals surface area contributed by atoms with Gasteiger partial charge in [0.25, 0.3) is 11.8 Å². The van der Waals surface area contributed by atoms with Crippen LogP contribution in [-0.2, 0) is 6.42 Å². The Labute approximate surface area is 178 Å². The molecule has 8 heteroatoms. The minimum absolute atomic E-state index is 0.151. The van der Waals surface area contributed by atoms with Crippen LogP contribution in [0.25, 0.3) is 5.65 Å². The van der Waals surface area contributed by atoms with Crippen LogP contribution in [0.5, 0.6) is 5.75 Å². The molecule has 2 N–H and O–H groups in total. The fourth-order valence-electron chi connectivity index (χ4n) is 4.08. The Balaban J connectivity index is 1.71. The summed E-state index contributed by atoms with van der Waals surface area (Å²) in [5, 5.41) is 21.6. The van der Waals surface area contributed by atoms with Gasteiger partial charge in [-0.1, -0.05) is 24.3 Å². The van der Waals surface area contributed by atoms with E-state index in [4.69, 9.17) is 0 Å². The second-order valence-electron chi connectivity index (χ2n) is 8.27. The van der Waals surface area contributed by atoms with Crippen molar-refractivity contribution in [2.45, 2.75) is 45.6 Å². The zero-order valence-electron chi connectivity index (χ0n) is 17.7. The van der Waals surface area contributed by atoms with E-state index in [1.165, 1.54) is 0 Å². The number of benzene rings is 1. The van der Waals surface area contributed by atoms with Gasteiger partial charge in [-0.2, -0.15) is 0 Å². The van der Waals surface area contributed by atoms with Gasteiger partial charge in [-0.3, -0.25) is 4.79 Å². The average Bonchev–Trinajstić information content (AvgIpc) is 2.99. The monoisotopic (exact) mass is 429 g/mol. The highest BCUT2D eigenvalue weighted by molar-refractivity contribution is 5.97. The number of carbonyl (C=O) groups excluding carboxylic acids is 1. The summed E-state index contributed by atoms with van der Waals surface area (Å²) < 4.78 is 28.3. The van der Waals surface area contributed by atoms with E-state index < -0.39 is 31.0 Å². The van der Waals surface area contributed by atoms with Crippen molar-refractivity contribution in [3.8, 4) is 5.75 Å². The smallest absolute Gasteiger partial charge is 0.282 e. The summed E-state index contributed by atoms with van der Waals surface area (Å²) in [6, 6.07) is 7.45. The van der Waals surface area contributed by atoms with Gasteiger partial charge >= 0.3 is 0 Å². The summed E-state index contributed by atoms with van der Waals surface area (Å²) in [5.41, 5.74) is 3.92. The summed E-state index contributed by atoms with van der Waals surface area (Å²) >= 11 is 0. The molecule has 0 unspecified atom stereocenters. The molecule has 0 radical (unpaired) electrons. The lowest BCUT2D eigenvalue weighted by molar-refractivity contribution is -0.113. The molecule has 0 bridgehead atoms. The van der Waals surface area contributed by atoms with Crippen LogP contribution in [0.2, 0.25) is 0 Å². The van der Waals surface area contributed by atoms with Gasteiger partial charge in [0.2, 0.25) is 0 Å². The number of halogens is 2. The number of amides is 1. The quantitative estimate of drug-likeness (QED) is 0.648. The number of likely N-dealkylation sites (tertiary alicyclic amines) is 1. The van der Waals surface area contributed by atoms with Crippen LogP contribution in [0.4, 0.5) is 8.78 Å². The Morgan fingerprint density at radius 1 is 1.23 bits per heavy atom. The number of aryl methyl sites for hydroxylation is 3. The number of aromatic nitrogens is 2. The molecule has 3 aromatic rings. The molecule has 1 fully saturated rings. The molecule has 1 aliphatic rings. The highest BCUT2D eigenvalue weighted by Crippen LogP contribution is 2.35. The number of nitrogens with zero attached hydrogens (tertiary/aromatic N) is 3. The summed E-state index contributed by atoms with van der Waals surface area (Å²) in [6.07, 6.45) is 1.20. The minimum atomic E-state index is -2.88. The van der Waals surface area contributed by atoms with Crippen molar-refractivity contribution in [1.29, 1.82) is 0 Å². The fourth-order valence-corrected chi connectivity index (χ4v) is 4.08. The summed E-state index contributed by atoms with van der Waals surface area (Å²) in [6.45, 7) is 4.22. The van der Waals surface area contributed by atoms with Gasteiger partial charge < -0.3 is 19.5 Å². The van der Waals surface area contributed by atoms with E-state index in [2.05, 4.69) is 4.98 Å². The lowest BCUT2D eigenvalue weighted by Crippen LogP contribution is -2.58. The number of alkyl halides is 2. The van der Waals surface area contributed by atoms with Gasteiger partial charge in [-0.05, 0) is 44.7 Å². The van der Waals surface area contributed by atoms with Gasteiger partial charge in [0, 0.05) is 17.5 Å². The minimum Gasteiger partial charge on any atom is -0.504 e. The molecule has 31 heavy (non-hydrogen) atoms. The topological polar surface area (TPSA) is 78.1 Å². The SMILES string of the molecule is Cc1ccccc1[C@H](O)CCc1c(C(=O)N2CC(F)(F)C2)cn2c(C)c(C)nc2c1O. The number of fused-ring (bicyclic) bond motifs is 1. The van der Waals surface area contributed by atoms with Gasteiger partial charge in [-0.15, -0.1) is 0 Å². The number of aromatic hydroxyl groups is 1. The molecule has 6 nitrogen and oxygen atoms in total. The number of aliphatic hydroxyl groups excluding tert-OH is 1. The molecule has 0 spiro atoms. The van der Waals surface area contributed by atoms with E-state index in [-0.39, 0.29) is 24.2 Å². The lowest BCUT2D eigenvalue weighted by Gasteiger charge is -2.39. The van der Waals surface area contributed by atoms with Crippen LogP contribution in [0.3, 0.4) is 0 Å². The molecule has 1 aliphatic heterocycles. The third-order valence-electron chi connectivity index (χ3n) is 6.04. The first-order valence-corrected chi connectivity index (χ1v) is 10.2. The Kier molecular flexibility index (Phi) is 5.21. The molecular weight excluding hydrogens is 404 g/mol. The van der Waals surface area contributed by atoms with Crippen molar-refractivity contribution in [3.05, 3.63) is 64.1 Å². The Hall–Kier alpha value is -3.00. The number of imidazole rings is 1. The lowest BCUT2D eigenvalue weighted by atomic mass is 9.95. The van der Waals surface area contributed by atoms with Gasteiger partial charge in [0.1, 0.15) is 0 Å². The van der Waals surface area contributed by atoms with Crippen LogP contribution >= 0.6 is 0 Å². The van der Waals surface area contributed by atoms with Crippen molar-refractivity contribution >= 4 is 11.6 Å². The molecule has 2 aromatic heterocycles. The molecular formula is C23H25F2N3O3. The van der Waals surface area contributed by atoms with Crippen molar-refractivity contribution in [1.82, 2.24) is 14.3 Å². The van der Waals surface area contributed by atoms with Crippen molar-refractivity contribution < 1.29 is 23.8 Å². The number of rotatable bonds is 5. The number of aliphatic hydroxyl groups is 1. The highest BCUT2D eigenvalue weighted by Gasteiger charge is 2.47. The van der Waals surface area contributed by atoms with Gasteiger partial charge in [0.05, 0.1) is 30.5 Å². The molecule has 0 aliphatic carbocycles. The molecule has 1 amide bonds. The van der Waals surface area contributed by atoms with E-state index in [0.29, 0.717) is 16.9 Å². The number of hydrogen-bond donors (Lipinski definition) is 2. The van der Waals surface area contributed by atoms with E-state index in [0.717, 1.165) is 21.7 Å². The second kappa shape index (κ2) is 7.60. The summed E-state index contributed by atoms with van der Waals surface area (Å²) in [5.74, 6) is -3.61. The third-order valence-corrected chi connectivity index (χ3v) is 6.04. The number of carbonyl (C=O) groups is 1. The molecule has 164 valence electrons. The standard InChI is InChI=1S/C23H25F2N3O3/c1-13-6-4-5-7-16(13)19(29)9-8-17-18(22(31)27-11-23(24,25)12-27)10-28-15(3)14(2)26-21(28)20(17)30/h4-7,10,19,29-30H,8-9,11-12H2,1-3H3/t19-/m1/s1. The zero-order valence-corrected chi connectivity index (χ0v) is 17.7. The molecule has 0 saturated carbocycles. The van der Waals surface area contributed by atoms with E-state index in [1.54, 1.807) is 17.5 Å². The van der Waals surface area contributed by atoms with Gasteiger partial charge in [0.15, 0.2) is 11.4 Å². The number of hydrogen-bond acceptors (Lipinski definition) is 4. The van der Waals surface area contributed by atoms with Crippen LogP contribution in [-0.4, -0.2) is 49.4 Å². The first kappa shape index (κ1) is 21.2. The maximum absolute atomic E-state index is 13.4. The van der Waals surface area contributed by atoms with Crippen molar-refractivity contribution in [2.24, 2.45) is 0 Å². The largest absolute Gasteiger partial charge is 0.504 e. The van der Waals surface area contributed by atoms with Crippen LogP contribution in [0, 0.1) is 20.8 Å². The Morgan fingerprint density at radius 3 is 2.55 bits per heavy atom. The molecule has 1 atom stereocenters. The first-order valence-electron chi connectivity index (χ1n) is 10.2. The van der Waals surface area contributed by atoms with E-state index in [9.17, 15) is 23.8 Å². The van der Waals surface area contributed by atoms with Crippen LogP contribution in [0.1, 0.15) is 51.0 Å². The summed E-state index contributed by atoms with van der Waals surface area (Å²) in [7, 11) is 0. The molecule has 4 rings (SSSR count). The molecule has 1 saturated heterocycles. The highest BCUT2D eigenvalue weighted by atomic mass is 19.3. The predicted molar refractivity (Wildman–Crippen MR) is 112 cm³/mol. The predicted octanol–water partition coefficient (Wildman–Crippen LogP) is 3.72. The maximum Gasteiger partial charge on any atom is 0.282 e. The second-order valence-corrected chi connectivity index (χ2v) is 8.27. The van der Waals surface area contributed by atoms with E-state index >= 15 is 0 Å². The normalized spacial score (nSPS) is 16.4. The molecule has 1 aromatic carbocycles. The van der Waals surface area contributed by atoms with E-state index in [1.807, 2.05) is 38.1 Å². The number of pyridine rings is 1. The molecule has 3 heterocycles. The van der Waals surface area contributed by atoms with Crippen molar-refractivity contribution in [3.63, 3.8) is 0 Å². The summed E-state index contributed by atoms with van der Waals surface area (Å²) in [4.78, 5) is 18.5. The van der Waals surface area contributed by atoms with Crippen LogP contribution < -0.4 is 0 Å². The maximum atomic E-state index is 13.4. The van der Waals surface area contributed by atoms with Gasteiger partial charge in [-0.25, -0.2) is 13.8 Å². The zero-order chi connectivity index (χ0) is 22.5.